The molecule has 2 aromatic carbocycles. The zero-order valence-corrected chi connectivity index (χ0v) is 18.3. The van der Waals surface area contributed by atoms with E-state index in [2.05, 4.69) is 5.32 Å². The molecule has 2 amide bonds. The maximum absolute atomic E-state index is 13.2. The fraction of sp³-hybridized carbons (Fsp3) is 0.417. The lowest BCUT2D eigenvalue weighted by molar-refractivity contribution is -0.141. The van der Waals surface area contributed by atoms with Gasteiger partial charge in [0.05, 0.1) is 0 Å². The van der Waals surface area contributed by atoms with Crippen molar-refractivity contribution >= 4 is 23.4 Å². The Bertz CT molecular complexity index is 794. The number of rotatable bonds is 10. The molecule has 4 nitrogen and oxygen atoms in total. The van der Waals surface area contributed by atoms with E-state index in [9.17, 15) is 9.59 Å². The summed E-state index contributed by atoms with van der Waals surface area (Å²) in [5.41, 5.74) is 1.95. The van der Waals surface area contributed by atoms with E-state index in [4.69, 9.17) is 11.6 Å². The smallest absolute Gasteiger partial charge is 0.243 e. The topological polar surface area (TPSA) is 49.4 Å². The predicted octanol–water partition coefficient (Wildman–Crippen LogP) is 4.99. The van der Waals surface area contributed by atoms with Gasteiger partial charge in [0.15, 0.2) is 0 Å². The van der Waals surface area contributed by atoms with Crippen LogP contribution in [-0.4, -0.2) is 28.8 Å². The molecule has 2 rings (SSSR count). The van der Waals surface area contributed by atoms with Gasteiger partial charge in [-0.1, -0.05) is 74.0 Å². The van der Waals surface area contributed by atoms with E-state index in [0.717, 1.165) is 17.5 Å². The van der Waals surface area contributed by atoms with Gasteiger partial charge in [0.1, 0.15) is 6.04 Å². The number of carbonyl (C=O) groups is 2. The van der Waals surface area contributed by atoms with Crippen LogP contribution in [0.2, 0.25) is 5.02 Å². The van der Waals surface area contributed by atoms with Crippen molar-refractivity contribution in [3.8, 4) is 0 Å². The fourth-order valence-corrected chi connectivity index (χ4v) is 3.46. The van der Waals surface area contributed by atoms with Crippen LogP contribution >= 0.6 is 11.6 Å². The second-order valence-corrected chi connectivity index (χ2v) is 7.75. The first-order valence-corrected chi connectivity index (χ1v) is 10.7. The average Bonchev–Trinajstić information content (AvgIpc) is 2.73. The van der Waals surface area contributed by atoms with Crippen LogP contribution in [0.15, 0.2) is 54.6 Å². The Kier molecular flexibility index (Phi) is 9.20. The number of nitrogens with one attached hydrogen (secondary N) is 1. The first kappa shape index (κ1) is 23.0. The second-order valence-electron chi connectivity index (χ2n) is 7.34. The Labute approximate surface area is 179 Å². The van der Waals surface area contributed by atoms with Gasteiger partial charge in [0.25, 0.3) is 0 Å². The van der Waals surface area contributed by atoms with Gasteiger partial charge in [-0.3, -0.25) is 9.59 Å². The molecule has 5 heteroatoms. The van der Waals surface area contributed by atoms with Crippen LogP contribution in [-0.2, 0) is 22.6 Å². The van der Waals surface area contributed by atoms with Gasteiger partial charge in [-0.05, 0) is 43.4 Å². The fourth-order valence-electron chi connectivity index (χ4n) is 3.23. The molecular formula is C24H31ClN2O2. The molecule has 156 valence electrons. The molecule has 29 heavy (non-hydrogen) atoms. The van der Waals surface area contributed by atoms with E-state index < -0.39 is 6.04 Å². The molecule has 1 N–H and O–H groups in total. The third-order valence-electron chi connectivity index (χ3n) is 5.15. The van der Waals surface area contributed by atoms with Crippen molar-refractivity contribution in [1.82, 2.24) is 10.2 Å². The van der Waals surface area contributed by atoms with E-state index in [1.165, 1.54) is 0 Å². The Hall–Kier alpha value is -2.33. The largest absolute Gasteiger partial charge is 0.352 e. The standard InChI is InChI=1S/C24H31ClN2O2/c1-4-18(3)26-24(29)22(5-2)27(17-19-11-7-6-8-12-19)23(28)16-15-20-13-9-10-14-21(20)25/h6-14,18,22H,4-5,15-17H2,1-3H3,(H,26,29)/t18-,22-/m0/s1. The van der Waals surface area contributed by atoms with Crippen molar-refractivity contribution in [2.45, 2.75) is 65.1 Å². The van der Waals surface area contributed by atoms with Crippen LogP contribution in [0, 0.1) is 0 Å². The van der Waals surface area contributed by atoms with Crippen LogP contribution in [0.4, 0.5) is 0 Å². The highest BCUT2D eigenvalue weighted by molar-refractivity contribution is 6.31. The molecule has 2 atom stereocenters. The SMILES string of the molecule is CC[C@H](C)NC(=O)[C@H](CC)N(Cc1ccccc1)C(=O)CCc1ccccc1Cl. The van der Waals surface area contributed by atoms with E-state index >= 15 is 0 Å². The maximum Gasteiger partial charge on any atom is 0.243 e. The number of nitrogens with zero attached hydrogens (tertiary/aromatic N) is 1. The minimum atomic E-state index is -0.497. The molecule has 0 aliphatic rings. The Morgan fingerprint density at radius 1 is 1.00 bits per heavy atom. The monoisotopic (exact) mass is 414 g/mol. The summed E-state index contributed by atoms with van der Waals surface area (Å²) in [4.78, 5) is 27.8. The van der Waals surface area contributed by atoms with E-state index in [0.29, 0.717) is 30.8 Å². The Morgan fingerprint density at radius 2 is 1.66 bits per heavy atom. The summed E-state index contributed by atoms with van der Waals surface area (Å²) >= 11 is 6.24. The van der Waals surface area contributed by atoms with Gasteiger partial charge < -0.3 is 10.2 Å². The molecule has 0 aliphatic heterocycles. The summed E-state index contributed by atoms with van der Waals surface area (Å²) in [6.45, 7) is 6.36. The summed E-state index contributed by atoms with van der Waals surface area (Å²) in [6, 6.07) is 16.9. The molecule has 0 saturated carbocycles. The molecule has 0 aromatic heterocycles. The summed E-state index contributed by atoms with van der Waals surface area (Å²) in [7, 11) is 0. The summed E-state index contributed by atoms with van der Waals surface area (Å²) in [5.74, 6) is -0.135. The molecule has 0 heterocycles. The number of carbonyl (C=O) groups excluding carboxylic acids is 2. The average molecular weight is 415 g/mol. The highest BCUT2D eigenvalue weighted by atomic mass is 35.5. The number of hydrogen-bond acceptors (Lipinski definition) is 2. The minimum absolute atomic E-state index is 0.0417. The molecule has 0 aliphatic carbocycles. The molecule has 0 saturated heterocycles. The second kappa shape index (κ2) is 11.6. The lowest BCUT2D eigenvalue weighted by Crippen LogP contribution is -2.50. The van der Waals surface area contributed by atoms with Crippen molar-refractivity contribution in [1.29, 1.82) is 0 Å². The van der Waals surface area contributed by atoms with Crippen LogP contribution < -0.4 is 5.32 Å². The summed E-state index contributed by atoms with van der Waals surface area (Å²) in [5, 5.41) is 3.69. The summed E-state index contributed by atoms with van der Waals surface area (Å²) < 4.78 is 0. The van der Waals surface area contributed by atoms with Gasteiger partial charge >= 0.3 is 0 Å². The third-order valence-corrected chi connectivity index (χ3v) is 5.52. The molecule has 2 aromatic rings. The van der Waals surface area contributed by atoms with Gasteiger partial charge in [-0.25, -0.2) is 0 Å². The van der Waals surface area contributed by atoms with E-state index in [-0.39, 0.29) is 17.9 Å². The van der Waals surface area contributed by atoms with Gasteiger partial charge in [-0.15, -0.1) is 0 Å². The zero-order chi connectivity index (χ0) is 21.2. The zero-order valence-electron chi connectivity index (χ0n) is 17.5. The molecule has 0 unspecified atom stereocenters. The molecule has 0 bridgehead atoms. The summed E-state index contributed by atoms with van der Waals surface area (Å²) in [6.07, 6.45) is 2.27. The van der Waals surface area contributed by atoms with Gasteiger partial charge in [0, 0.05) is 24.0 Å². The minimum Gasteiger partial charge on any atom is -0.352 e. The molecule has 0 fully saturated rings. The quantitative estimate of drug-likeness (QED) is 0.595. The molecular weight excluding hydrogens is 384 g/mol. The number of benzene rings is 2. The normalized spacial score (nSPS) is 12.8. The van der Waals surface area contributed by atoms with Crippen LogP contribution in [0.25, 0.3) is 0 Å². The number of amides is 2. The highest BCUT2D eigenvalue weighted by Gasteiger charge is 2.29. The molecule has 0 radical (unpaired) electrons. The molecule has 0 spiro atoms. The first-order chi connectivity index (χ1) is 14.0. The van der Waals surface area contributed by atoms with E-state index in [1.807, 2.05) is 75.4 Å². The van der Waals surface area contributed by atoms with Crippen molar-refractivity contribution in [2.75, 3.05) is 0 Å². The number of hydrogen-bond donors (Lipinski definition) is 1. The van der Waals surface area contributed by atoms with Crippen molar-refractivity contribution < 1.29 is 9.59 Å². The Morgan fingerprint density at radius 3 is 2.28 bits per heavy atom. The van der Waals surface area contributed by atoms with Crippen molar-refractivity contribution in [2.24, 2.45) is 0 Å². The van der Waals surface area contributed by atoms with Gasteiger partial charge in [-0.2, -0.15) is 0 Å². The third kappa shape index (κ3) is 6.90. The van der Waals surface area contributed by atoms with E-state index in [1.54, 1.807) is 4.90 Å². The Balaban J connectivity index is 2.19. The predicted molar refractivity (Wildman–Crippen MR) is 119 cm³/mol. The number of aryl methyl sites for hydroxylation is 1. The van der Waals surface area contributed by atoms with Crippen molar-refractivity contribution in [3.63, 3.8) is 0 Å². The lowest BCUT2D eigenvalue weighted by atomic mass is 10.1. The lowest BCUT2D eigenvalue weighted by Gasteiger charge is -2.31. The van der Waals surface area contributed by atoms with Gasteiger partial charge in [0.2, 0.25) is 11.8 Å². The maximum atomic E-state index is 13.2. The van der Waals surface area contributed by atoms with Crippen molar-refractivity contribution in [3.05, 3.63) is 70.7 Å². The first-order valence-electron chi connectivity index (χ1n) is 10.3. The highest BCUT2D eigenvalue weighted by Crippen LogP contribution is 2.19. The van der Waals surface area contributed by atoms with Crippen LogP contribution in [0.3, 0.4) is 0 Å². The van der Waals surface area contributed by atoms with Crippen LogP contribution in [0.1, 0.15) is 51.2 Å². The van der Waals surface area contributed by atoms with Crippen LogP contribution in [0.5, 0.6) is 0 Å². The number of halogens is 1.